The molecule has 0 aliphatic rings. The quantitative estimate of drug-likeness (QED) is 0.0560. The van der Waals surface area contributed by atoms with Crippen molar-refractivity contribution < 1.29 is 37.3 Å². The third-order valence-corrected chi connectivity index (χ3v) is 12.4. The maximum absolute atomic E-state index is 12.8. The second-order valence-electron chi connectivity index (χ2n) is 11.5. The molecule has 2 amide bonds. The van der Waals surface area contributed by atoms with Crippen molar-refractivity contribution in [2.24, 2.45) is 4.99 Å². The van der Waals surface area contributed by atoms with Gasteiger partial charge in [0.1, 0.15) is 26.5 Å². The topological polar surface area (TPSA) is 165 Å². The van der Waals surface area contributed by atoms with E-state index in [2.05, 4.69) is 20.3 Å². The molecule has 0 fully saturated rings. The number of aliphatic hydroxyl groups is 1. The Morgan fingerprint density at radius 3 is 1.83 bits per heavy atom. The Labute approximate surface area is 289 Å². The van der Waals surface area contributed by atoms with Crippen LogP contribution in [-0.4, -0.2) is 91.4 Å². The van der Waals surface area contributed by atoms with Crippen LogP contribution in [0.1, 0.15) is 75.7 Å². The number of hydrogen-bond acceptors (Lipinski definition) is 12. The molecule has 0 rings (SSSR count). The maximum Gasteiger partial charge on any atom is 0.414 e. The number of methoxy groups -OCH3 is 1. The van der Waals surface area contributed by atoms with Crippen molar-refractivity contribution in [1.82, 2.24) is 15.4 Å². The van der Waals surface area contributed by atoms with Gasteiger partial charge in [-0.05, 0) is 105 Å². The van der Waals surface area contributed by atoms with Crippen molar-refractivity contribution in [3.8, 4) is 0 Å². The monoisotopic (exact) mass is 728 g/mol. The Hall–Kier alpha value is -2.01. The van der Waals surface area contributed by atoms with Crippen LogP contribution in [0, 0.1) is 0 Å². The Morgan fingerprint density at radius 1 is 0.935 bits per heavy atom. The van der Waals surface area contributed by atoms with Gasteiger partial charge in [-0.25, -0.2) is 22.7 Å². The Bertz CT molecular complexity index is 1180. The van der Waals surface area contributed by atoms with Crippen molar-refractivity contribution in [2.45, 2.75) is 96.4 Å². The van der Waals surface area contributed by atoms with Crippen LogP contribution in [0.5, 0.6) is 0 Å². The number of thioether (sulfide) groups is 3. The van der Waals surface area contributed by atoms with E-state index in [9.17, 15) is 23.1 Å². The molecule has 0 aromatic rings. The fraction of sp³-hybridized carbons (Fsp3) is 0.700. The fourth-order valence-corrected chi connectivity index (χ4v) is 7.66. The van der Waals surface area contributed by atoms with E-state index in [1.54, 1.807) is 110 Å². The van der Waals surface area contributed by atoms with Gasteiger partial charge in [0.2, 0.25) is 5.96 Å². The van der Waals surface area contributed by atoms with Gasteiger partial charge in [0.05, 0.1) is 12.0 Å². The highest BCUT2D eigenvalue weighted by molar-refractivity contribution is 8.33. The van der Waals surface area contributed by atoms with Crippen LogP contribution in [-0.2, 0) is 24.2 Å². The van der Waals surface area contributed by atoms with E-state index >= 15 is 0 Å². The summed E-state index contributed by atoms with van der Waals surface area (Å²) in [6.45, 7) is 18.0. The van der Waals surface area contributed by atoms with Crippen LogP contribution < -0.4 is 15.4 Å². The first-order chi connectivity index (χ1) is 21.1. The lowest BCUT2D eigenvalue weighted by Crippen LogP contribution is -2.46. The van der Waals surface area contributed by atoms with Crippen molar-refractivity contribution in [1.29, 1.82) is 0 Å². The van der Waals surface area contributed by atoms with Crippen molar-refractivity contribution >= 4 is 63.5 Å². The first-order valence-electron chi connectivity index (χ1n) is 14.5. The highest BCUT2D eigenvalue weighted by Crippen LogP contribution is 2.45. The molecule has 1 atom stereocenters. The molecule has 0 aromatic carbocycles. The smallest absolute Gasteiger partial charge is 0.414 e. The van der Waals surface area contributed by atoms with E-state index in [-0.39, 0.29) is 20.8 Å². The number of hydrogen-bond donors (Lipinski definition) is 4. The van der Waals surface area contributed by atoms with Crippen molar-refractivity contribution in [3.63, 3.8) is 0 Å². The Morgan fingerprint density at radius 2 is 1.43 bits per heavy atom. The zero-order chi connectivity index (χ0) is 36.4. The van der Waals surface area contributed by atoms with E-state index in [1.165, 1.54) is 13.2 Å². The molecule has 0 radical (unpaired) electrons. The first-order valence-corrected chi connectivity index (χ1v) is 19.7. The predicted molar refractivity (Wildman–Crippen MR) is 196 cm³/mol. The lowest BCUT2D eigenvalue weighted by Gasteiger charge is -2.33. The summed E-state index contributed by atoms with van der Waals surface area (Å²) in [5.41, 5.74) is -0.780. The number of guanidine groups is 1. The second-order valence-corrected chi connectivity index (χ2v) is 17.0. The third kappa shape index (κ3) is 19.0. The number of nitrogens with zero attached hydrogens (tertiary/aromatic N) is 1. The molecule has 0 aromatic heterocycles. The molecule has 0 bridgehead atoms. The van der Waals surface area contributed by atoms with E-state index in [1.807, 2.05) is 25.7 Å². The molecule has 46 heavy (non-hydrogen) atoms. The minimum atomic E-state index is -3.99. The zero-order valence-electron chi connectivity index (χ0n) is 29.8. The van der Waals surface area contributed by atoms with Gasteiger partial charge >= 0.3 is 12.2 Å². The number of amides is 2. The molecule has 16 heteroatoms. The van der Waals surface area contributed by atoms with Crippen LogP contribution in [0.15, 0.2) is 39.5 Å². The largest absolute Gasteiger partial charge is 0.497 e. The van der Waals surface area contributed by atoms with Gasteiger partial charge < -0.3 is 24.6 Å². The molecule has 268 valence electrons. The van der Waals surface area contributed by atoms with Crippen LogP contribution >= 0.6 is 35.3 Å². The van der Waals surface area contributed by atoms with Gasteiger partial charge in [-0.3, -0.25) is 10.3 Å². The first kappa shape index (κ1) is 46.1. The van der Waals surface area contributed by atoms with Crippen LogP contribution in [0.3, 0.4) is 0 Å². The summed E-state index contributed by atoms with van der Waals surface area (Å²) in [5, 5.41) is 15.1. The highest BCUT2D eigenvalue weighted by atomic mass is 32.3. The van der Waals surface area contributed by atoms with Gasteiger partial charge in [0, 0.05) is 13.1 Å². The summed E-state index contributed by atoms with van der Waals surface area (Å²) in [7, 11) is -2.49. The molecule has 0 heterocycles. The van der Waals surface area contributed by atoms with Crippen LogP contribution in [0.4, 0.5) is 9.59 Å². The van der Waals surface area contributed by atoms with Gasteiger partial charge in [0.15, 0.2) is 0 Å². The molecule has 0 saturated heterocycles. The third-order valence-electron chi connectivity index (χ3n) is 5.26. The summed E-state index contributed by atoms with van der Waals surface area (Å²) >= 11 is 4.72. The number of nitrogens with one attached hydrogen (secondary N) is 3. The number of alkyl carbamates (subject to hydrolysis) is 2. The lowest BCUT2D eigenvalue weighted by atomic mass is 10.2. The van der Waals surface area contributed by atoms with Crippen LogP contribution in [0.25, 0.3) is 0 Å². The standard InChI is InChI=1S/C19H33N3O5S.C11H23NO3S3/c1-9-12-20-17(21-18(23)27-19(5,6)7)22-28(24,25)16(11-3)14(4)13-15(10-2)26-8;1-10(2,3)15-9(14)12-7-8(13)11(16-4,17-5)18-6/h10-11,13H,9,12H2,1-8H3,(H2,20,21,22,23);8,13H,7H2,1-6H3,(H,12,14)/b14-13-,15-10-,16-11-;. The number of aliphatic imine (C=N–C) groups is 1. The molecule has 4 N–H and O–H groups in total. The summed E-state index contributed by atoms with van der Waals surface area (Å²) in [6, 6.07) is 0. The molecule has 0 saturated carbocycles. The van der Waals surface area contributed by atoms with E-state index in [4.69, 9.17) is 14.2 Å². The SMILES string of the molecule is C/C=C(/C=C(C)\C(=C\C)S(=O)(=O)NC(=NCCC)NC(=O)OC(C)(C)C)OC.CSC(SC)(SC)C(O)CNC(=O)OC(C)(C)C. The van der Waals surface area contributed by atoms with Crippen LogP contribution in [0.2, 0.25) is 0 Å². The molecular formula is C30H56N4O8S4. The highest BCUT2D eigenvalue weighted by Gasteiger charge is 2.36. The number of rotatable bonds is 13. The number of aliphatic hydroxyl groups excluding tert-OH is 1. The van der Waals surface area contributed by atoms with Crippen molar-refractivity contribution in [2.75, 3.05) is 39.0 Å². The van der Waals surface area contributed by atoms with E-state index in [0.29, 0.717) is 24.3 Å². The summed E-state index contributed by atoms with van der Waals surface area (Å²) < 4.78 is 43.1. The summed E-state index contributed by atoms with van der Waals surface area (Å²) in [6.07, 6.45) is 9.36. The van der Waals surface area contributed by atoms with Gasteiger partial charge in [-0.15, -0.1) is 35.3 Å². The Kier molecular flexibility index (Phi) is 21.8. The number of sulfonamides is 1. The second kappa shape index (κ2) is 21.8. The lowest BCUT2D eigenvalue weighted by molar-refractivity contribution is 0.0493. The molecule has 0 spiro atoms. The number of allylic oxidation sites excluding steroid dienone is 4. The van der Waals surface area contributed by atoms with E-state index < -0.39 is 39.5 Å². The molecule has 1 unspecified atom stereocenters. The molecule has 0 aliphatic carbocycles. The number of carbonyl (C=O) groups is 2. The summed E-state index contributed by atoms with van der Waals surface area (Å²) in [5.74, 6) is 0.333. The van der Waals surface area contributed by atoms with Crippen molar-refractivity contribution in [3.05, 3.63) is 34.5 Å². The molecule has 0 aliphatic heterocycles. The van der Waals surface area contributed by atoms with Gasteiger partial charge in [0.25, 0.3) is 10.0 Å². The van der Waals surface area contributed by atoms with Gasteiger partial charge in [-0.1, -0.05) is 13.0 Å². The Balaban J connectivity index is 0. The summed E-state index contributed by atoms with van der Waals surface area (Å²) in [4.78, 5) is 27.6. The minimum absolute atomic E-state index is 0.0408. The normalized spacial score (nSPS) is 14.4. The average Bonchev–Trinajstić information content (AvgIpc) is 2.93. The number of ether oxygens (including phenoxy) is 3. The number of carbonyl (C=O) groups excluding carboxylic acids is 2. The minimum Gasteiger partial charge on any atom is -0.497 e. The molecular weight excluding hydrogens is 673 g/mol. The maximum atomic E-state index is 12.8. The zero-order valence-corrected chi connectivity index (χ0v) is 33.1. The fourth-order valence-electron chi connectivity index (χ4n) is 3.32. The van der Waals surface area contributed by atoms with Gasteiger partial charge in [-0.2, -0.15) is 0 Å². The van der Waals surface area contributed by atoms with E-state index in [0.717, 1.165) is 0 Å². The average molecular weight is 729 g/mol. The predicted octanol–water partition coefficient (Wildman–Crippen LogP) is 6.21. The molecule has 12 nitrogen and oxygen atoms in total.